The van der Waals surface area contributed by atoms with Crippen molar-refractivity contribution in [2.75, 3.05) is 0 Å². The Hall–Kier alpha value is -0.140. The highest BCUT2D eigenvalue weighted by molar-refractivity contribution is 6.69. The molecule has 0 aromatic carbocycles. The fourth-order valence-electron chi connectivity index (χ4n) is 0.293. The average Bonchev–Trinajstić information content (AvgIpc) is 1.83. The van der Waals surface area contributed by atoms with Crippen LogP contribution in [-0.4, -0.2) is 20.4 Å². The van der Waals surface area contributed by atoms with Crippen molar-refractivity contribution in [1.29, 1.82) is 0 Å². The fourth-order valence-corrected chi connectivity index (χ4v) is 0.736. The van der Waals surface area contributed by atoms with Crippen molar-refractivity contribution in [3.63, 3.8) is 0 Å². The third kappa shape index (κ3) is 1.91. The zero-order valence-corrected chi connectivity index (χ0v) is 7.41. The third-order valence-electron chi connectivity index (χ3n) is 0.976. The van der Waals surface area contributed by atoms with Gasteiger partial charge in [-0.25, -0.2) is 0 Å². The number of hydrogen-bond donors (Lipinski definition) is 2. The lowest BCUT2D eigenvalue weighted by molar-refractivity contribution is -0.130. The Morgan fingerprint density at radius 3 is 1.91 bits per heavy atom. The van der Waals surface area contributed by atoms with Crippen molar-refractivity contribution >= 4 is 40.7 Å². The molecule has 1 atom stereocenters. The Morgan fingerprint density at radius 2 is 1.91 bits per heavy atom. The van der Waals surface area contributed by atoms with E-state index in [9.17, 15) is 4.79 Å². The van der Waals surface area contributed by atoms with E-state index in [-0.39, 0.29) is 0 Å². The molecule has 0 aromatic heterocycles. The lowest BCUT2D eigenvalue weighted by Crippen LogP contribution is -2.52. The van der Waals surface area contributed by atoms with E-state index in [1.54, 1.807) is 5.92 Å². The molecular weight excluding hydrogens is 212 g/mol. The van der Waals surface area contributed by atoms with E-state index in [1.165, 1.54) is 0 Å². The molecule has 1 amide bonds. The van der Waals surface area contributed by atoms with Crippen molar-refractivity contribution in [3.05, 3.63) is 0 Å². The van der Waals surface area contributed by atoms with Crippen LogP contribution in [0.2, 0.25) is 0 Å². The Kier molecular flexibility index (Phi) is 3.04. The van der Waals surface area contributed by atoms with Crippen LogP contribution in [0.5, 0.6) is 0 Å². The number of alkyl halides is 3. The van der Waals surface area contributed by atoms with Crippen LogP contribution in [0.15, 0.2) is 0 Å². The molecule has 0 aliphatic carbocycles. The molecule has 1 unspecified atom stereocenters. The van der Waals surface area contributed by atoms with Gasteiger partial charge in [0.15, 0.2) is 0 Å². The molecule has 0 rings (SSSR count). The second kappa shape index (κ2) is 3.08. The number of nitrogens with two attached hydrogens (primary N) is 1. The zero-order valence-electron chi connectivity index (χ0n) is 5.14. The van der Waals surface area contributed by atoms with E-state index in [0.29, 0.717) is 0 Å². The minimum Gasteiger partial charge on any atom is -0.366 e. The molecule has 0 heterocycles. The van der Waals surface area contributed by atoms with E-state index < -0.39 is 15.3 Å². The summed E-state index contributed by atoms with van der Waals surface area (Å²) < 4.78 is -2.31. The molecule has 0 aliphatic heterocycles. The molecule has 0 aromatic rings. The van der Waals surface area contributed by atoms with Gasteiger partial charge in [0.25, 0.3) is 11.5 Å². The predicted octanol–water partition coefficient (Wildman–Crippen LogP) is 0.206. The Balaban J connectivity index is 4.96. The van der Waals surface area contributed by atoms with Gasteiger partial charge >= 0.3 is 0 Å². The van der Waals surface area contributed by atoms with Crippen LogP contribution in [-0.2, 0) is 4.79 Å². The molecule has 0 saturated carbocycles. The first-order valence-electron chi connectivity index (χ1n) is 2.32. The minimum atomic E-state index is -2.56. The second-order valence-electron chi connectivity index (χ2n) is 1.72. The zero-order chi connectivity index (χ0) is 9.28. The van der Waals surface area contributed by atoms with Crippen LogP contribution >= 0.6 is 34.8 Å². The average molecular weight is 216 g/mol. The number of amides is 1. The first kappa shape index (κ1) is 10.9. The van der Waals surface area contributed by atoms with Crippen LogP contribution in [0.25, 0.3) is 0 Å². The number of aliphatic hydroxyl groups is 1. The Labute approximate surface area is 78.4 Å². The predicted molar refractivity (Wildman–Crippen MR) is 43.3 cm³/mol. The summed E-state index contributed by atoms with van der Waals surface area (Å²) in [5.74, 6) is 0.325. The second-order valence-corrected chi connectivity index (χ2v) is 4.00. The number of primary amides is 1. The number of halogens is 3. The van der Waals surface area contributed by atoms with Gasteiger partial charge in [0.1, 0.15) is 0 Å². The number of carbonyl (C=O) groups is 1. The fraction of sp³-hybridized carbons (Fsp3) is 0.400. The molecule has 0 aliphatic rings. The van der Waals surface area contributed by atoms with E-state index in [4.69, 9.17) is 46.3 Å². The molecule has 3 N–H and O–H groups in total. The summed E-state index contributed by atoms with van der Waals surface area (Å²) in [6.45, 7) is 0. The maximum atomic E-state index is 10.5. The minimum absolute atomic E-state index is 1.28. The summed E-state index contributed by atoms with van der Waals surface area (Å²) in [5, 5.41) is 9.13. The van der Waals surface area contributed by atoms with Gasteiger partial charge in [0, 0.05) is 0 Å². The summed E-state index contributed by atoms with van der Waals surface area (Å²) in [6, 6.07) is 0. The molecule has 6 heteroatoms. The Bertz CT molecular complexity index is 217. The molecule has 0 radical (unpaired) electrons. The highest BCUT2D eigenvalue weighted by atomic mass is 35.6. The monoisotopic (exact) mass is 215 g/mol. The van der Waals surface area contributed by atoms with Crippen LogP contribution in [0.1, 0.15) is 0 Å². The van der Waals surface area contributed by atoms with E-state index >= 15 is 0 Å². The molecule has 3 nitrogen and oxygen atoms in total. The normalized spacial score (nSPS) is 16.6. The summed E-state index contributed by atoms with van der Waals surface area (Å²) >= 11 is 15.5. The quantitative estimate of drug-likeness (QED) is 0.486. The lowest BCUT2D eigenvalue weighted by Gasteiger charge is -2.25. The van der Waals surface area contributed by atoms with Crippen molar-refractivity contribution in [2.24, 2.45) is 5.73 Å². The summed E-state index contributed by atoms with van der Waals surface area (Å²) in [7, 11) is 0. The molecular formula is C5H4Cl3NO2. The van der Waals surface area contributed by atoms with Crippen LogP contribution in [0.4, 0.5) is 0 Å². The van der Waals surface area contributed by atoms with Crippen LogP contribution < -0.4 is 5.73 Å². The maximum Gasteiger partial charge on any atom is 0.266 e. The lowest BCUT2D eigenvalue weighted by atomic mass is 10.1. The molecule has 0 saturated heterocycles. The van der Waals surface area contributed by atoms with Crippen molar-refractivity contribution in [2.45, 2.75) is 9.39 Å². The van der Waals surface area contributed by atoms with Gasteiger partial charge in [-0.2, -0.15) is 0 Å². The van der Waals surface area contributed by atoms with Gasteiger partial charge < -0.3 is 10.8 Å². The summed E-state index contributed by atoms with van der Waals surface area (Å²) in [6.07, 6.45) is 4.74. The molecule has 11 heavy (non-hydrogen) atoms. The molecule has 0 fully saturated rings. The van der Waals surface area contributed by atoms with Crippen LogP contribution in [0, 0.1) is 12.3 Å². The van der Waals surface area contributed by atoms with E-state index in [1.807, 2.05) is 0 Å². The first-order chi connectivity index (χ1) is 4.75. The van der Waals surface area contributed by atoms with Gasteiger partial charge in [-0.1, -0.05) is 40.7 Å². The van der Waals surface area contributed by atoms with Gasteiger partial charge in [0.05, 0.1) is 0 Å². The van der Waals surface area contributed by atoms with E-state index in [0.717, 1.165) is 0 Å². The highest BCUT2D eigenvalue weighted by Gasteiger charge is 2.51. The van der Waals surface area contributed by atoms with Gasteiger partial charge in [-0.05, 0) is 0 Å². The standard InChI is InChI=1S/C5H4Cl3NO2/c1-2-4(11,3(9)10)5(6,7)8/h1,11H,(H2,9,10). The maximum absolute atomic E-state index is 10.5. The molecule has 0 spiro atoms. The molecule has 62 valence electrons. The summed E-state index contributed by atoms with van der Waals surface area (Å²) in [4.78, 5) is 10.5. The van der Waals surface area contributed by atoms with Gasteiger partial charge in [-0.15, -0.1) is 6.42 Å². The highest BCUT2D eigenvalue weighted by Crippen LogP contribution is 2.37. The third-order valence-corrected chi connectivity index (χ3v) is 1.80. The largest absolute Gasteiger partial charge is 0.366 e. The summed E-state index contributed by atoms with van der Waals surface area (Å²) in [5.41, 5.74) is 2.12. The smallest absolute Gasteiger partial charge is 0.266 e. The Morgan fingerprint density at radius 1 is 1.55 bits per heavy atom. The number of carbonyl (C=O) groups excluding carboxylic acids is 1. The number of hydrogen-bond acceptors (Lipinski definition) is 2. The van der Waals surface area contributed by atoms with Gasteiger partial charge in [0.2, 0.25) is 3.79 Å². The SMILES string of the molecule is C#CC(O)(C(N)=O)C(Cl)(Cl)Cl. The topological polar surface area (TPSA) is 63.3 Å². The van der Waals surface area contributed by atoms with Crippen molar-refractivity contribution in [3.8, 4) is 12.3 Å². The number of rotatable bonds is 1. The van der Waals surface area contributed by atoms with Crippen molar-refractivity contribution in [1.82, 2.24) is 0 Å². The molecule has 0 bridgehead atoms. The van der Waals surface area contributed by atoms with Gasteiger partial charge in [-0.3, -0.25) is 4.79 Å². The van der Waals surface area contributed by atoms with E-state index in [2.05, 4.69) is 5.73 Å². The first-order valence-corrected chi connectivity index (χ1v) is 3.46. The van der Waals surface area contributed by atoms with Crippen molar-refractivity contribution < 1.29 is 9.90 Å². The number of terminal acetylenes is 1. The van der Waals surface area contributed by atoms with Crippen LogP contribution in [0.3, 0.4) is 0 Å².